The van der Waals surface area contributed by atoms with Gasteiger partial charge < -0.3 is 10.1 Å². The summed E-state index contributed by atoms with van der Waals surface area (Å²) >= 11 is 0. The molecule has 0 spiro atoms. The van der Waals surface area contributed by atoms with Crippen LogP contribution in [0.4, 0.5) is 5.69 Å². The van der Waals surface area contributed by atoms with E-state index in [-0.39, 0.29) is 12.0 Å². The van der Waals surface area contributed by atoms with E-state index in [1.807, 2.05) is 25.5 Å². The molecule has 1 saturated heterocycles. The van der Waals surface area contributed by atoms with Crippen molar-refractivity contribution in [3.63, 3.8) is 0 Å². The van der Waals surface area contributed by atoms with E-state index < -0.39 is 0 Å². The molecule has 1 fully saturated rings. The number of nitrogens with zero attached hydrogens (tertiary/aromatic N) is 5. The zero-order valence-corrected chi connectivity index (χ0v) is 15.6. The molecule has 26 heavy (non-hydrogen) atoms. The Kier molecular flexibility index (Phi) is 5.82. The standard InChI is InChI=1S/C18H26N6O2/c1-4-24-14(3)17(13(2)22-24)21-16(25)12-23-10-6-15(7-11-23)26-18-19-8-5-9-20-18/h5,8-9,15H,4,6-7,10-12H2,1-3H3,(H,21,25). The van der Waals surface area contributed by atoms with E-state index in [9.17, 15) is 4.79 Å². The van der Waals surface area contributed by atoms with Gasteiger partial charge in [0, 0.05) is 32.0 Å². The number of rotatable bonds is 6. The average molecular weight is 358 g/mol. The smallest absolute Gasteiger partial charge is 0.316 e. The largest absolute Gasteiger partial charge is 0.460 e. The van der Waals surface area contributed by atoms with E-state index >= 15 is 0 Å². The first-order valence-corrected chi connectivity index (χ1v) is 9.06. The molecule has 1 N–H and O–H groups in total. The van der Waals surface area contributed by atoms with Crippen molar-refractivity contribution < 1.29 is 9.53 Å². The van der Waals surface area contributed by atoms with Crippen LogP contribution in [0.2, 0.25) is 0 Å². The summed E-state index contributed by atoms with van der Waals surface area (Å²) in [6, 6.07) is 2.18. The van der Waals surface area contributed by atoms with Crippen molar-refractivity contribution in [2.24, 2.45) is 0 Å². The monoisotopic (exact) mass is 358 g/mol. The number of nitrogens with one attached hydrogen (secondary N) is 1. The number of hydrogen-bond donors (Lipinski definition) is 1. The Hall–Kier alpha value is -2.48. The van der Waals surface area contributed by atoms with Crippen LogP contribution in [-0.2, 0) is 11.3 Å². The summed E-state index contributed by atoms with van der Waals surface area (Å²) in [5, 5.41) is 7.45. The Balaban J connectivity index is 1.47. The van der Waals surface area contributed by atoms with Crippen molar-refractivity contribution >= 4 is 11.6 Å². The van der Waals surface area contributed by atoms with Crippen molar-refractivity contribution in [3.8, 4) is 6.01 Å². The number of anilines is 1. The quantitative estimate of drug-likeness (QED) is 0.847. The summed E-state index contributed by atoms with van der Waals surface area (Å²) < 4.78 is 7.69. The Labute approximate surface area is 153 Å². The molecule has 1 amide bonds. The third-order valence-electron chi connectivity index (χ3n) is 4.66. The maximum atomic E-state index is 12.4. The molecule has 1 aliphatic rings. The zero-order chi connectivity index (χ0) is 18.5. The summed E-state index contributed by atoms with van der Waals surface area (Å²) in [5.41, 5.74) is 2.68. The highest BCUT2D eigenvalue weighted by molar-refractivity contribution is 5.93. The second-order valence-corrected chi connectivity index (χ2v) is 6.53. The van der Waals surface area contributed by atoms with Crippen LogP contribution in [0.1, 0.15) is 31.2 Å². The van der Waals surface area contributed by atoms with Crippen molar-refractivity contribution in [2.45, 2.75) is 46.3 Å². The van der Waals surface area contributed by atoms with Crippen molar-refractivity contribution in [1.82, 2.24) is 24.6 Å². The van der Waals surface area contributed by atoms with Crippen LogP contribution in [0, 0.1) is 13.8 Å². The first-order chi connectivity index (χ1) is 12.6. The van der Waals surface area contributed by atoms with E-state index in [4.69, 9.17) is 4.74 Å². The minimum atomic E-state index is -0.00221. The maximum Gasteiger partial charge on any atom is 0.316 e. The van der Waals surface area contributed by atoms with Crippen LogP contribution < -0.4 is 10.1 Å². The topological polar surface area (TPSA) is 85.2 Å². The number of ether oxygens (including phenoxy) is 1. The Morgan fingerprint density at radius 1 is 1.27 bits per heavy atom. The average Bonchev–Trinajstić information content (AvgIpc) is 2.92. The van der Waals surface area contributed by atoms with Gasteiger partial charge in [-0.15, -0.1) is 0 Å². The van der Waals surface area contributed by atoms with Gasteiger partial charge in [-0.3, -0.25) is 14.4 Å². The highest BCUT2D eigenvalue weighted by atomic mass is 16.5. The van der Waals surface area contributed by atoms with E-state index in [0.29, 0.717) is 12.6 Å². The lowest BCUT2D eigenvalue weighted by Crippen LogP contribution is -2.42. The molecular weight excluding hydrogens is 332 g/mol. The molecule has 0 aromatic carbocycles. The lowest BCUT2D eigenvalue weighted by atomic mass is 10.1. The molecular formula is C18H26N6O2. The molecule has 0 saturated carbocycles. The fourth-order valence-corrected chi connectivity index (χ4v) is 3.25. The number of aryl methyl sites for hydroxylation is 2. The molecule has 3 heterocycles. The normalized spacial score (nSPS) is 15.8. The summed E-state index contributed by atoms with van der Waals surface area (Å²) in [6.07, 6.45) is 5.16. The molecule has 140 valence electrons. The van der Waals surface area contributed by atoms with E-state index in [0.717, 1.165) is 49.6 Å². The Morgan fingerprint density at radius 3 is 2.58 bits per heavy atom. The number of aromatic nitrogens is 4. The highest BCUT2D eigenvalue weighted by Gasteiger charge is 2.23. The van der Waals surface area contributed by atoms with Gasteiger partial charge in [0.05, 0.1) is 23.6 Å². The first-order valence-electron chi connectivity index (χ1n) is 9.06. The van der Waals surface area contributed by atoms with Crippen LogP contribution in [0.3, 0.4) is 0 Å². The Bertz CT molecular complexity index is 738. The van der Waals surface area contributed by atoms with Crippen LogP contribution in [0.15, 0.2) is 18.5 Å². The molecule has 8 heteroatoms. The fraction of sp³-hybridized carbons (Fsp3) is 0.556. The van der Waals surface area contributed by atoms with Gasteiger partial charge in [0.2, 0.25) is 5.91 Å². The van der Waals surface area contributed by atoms with Crippen molar-refractivity contribution in [2.75, 3.05) is 25.0 Å². The van der Waals surface area contributed by atoms with Crippen molar-refractivity contribution in [3.05, 3.63) is 29.8 Å². The summed E-state index contributed by atoms with van der Waals surface area (Å²) in [5.74, 6) is -0.00221. The van der Waals surface area contributed by atoms with Gasteiger partial charge in [0.1, 0.15) is 6.10 Å². The minimum absolute atomic E-state index is 0.00221. The molecule has 8 nitrogen and oxygen atoms in total. The van der Waals surface area contributed by atoms with Gasteiger partial charge in [0.15, 0.2) is 0 Å². The fourth-order valence-electron chi connectivity index (χ4n) is 3.25. The lowest BCUT2D eigenvalue weighted by Gasteiger charge is -2.31. The minimum Gasteiger partial charge on any atom is -0.460 e. The van der Waals surface area contributed by atoms with E-state index in [1.54, 1.807) is 18.5 Å². The number of carbonyl (C=O) groups excluding carboxylic acids is 1. The number of hydrogen-bond acceptors (Lipinski definition) is 6. The third kappa shape index (κ3) is 4.37. The third-order valence-corrected chi connectivity index (χ3v) is 4.66. The second kappa shape index (κ2) is 8.27. The van der Waals surface area contributed by atoms with Gasteiger partial charge in [-0.05, 0) is 39.7 Å². The number of carbonyl (C=O) groups is 1. The molecule has 2 aromatic rings. The molecule has 2 aromatic heterocycles. The number of piperidine rings is 1. The van der Waals surface area contributed by atoms with Gasteiger partial charge in [-0.2, -0.15) is 5.10 Å². The van der Waals surface area contributed by atoms with Crippen LogP contribution in [0.25, 0.3) is 0 Å². The molecule has 1 aliphatic heterocycles. The molecule has 0 radical (unpaired) electrons. The Morgan fingerprint density at radius 2 is 1.96 bits per heavy atom. The lowest BCUT2D eigenvalue weighted by molar-refractivity contribution is -0.117. The maximum absolute atomic E-state index is 12.4. The van der Waals surface area contributed by atoms with Gasteiger partial charge in [-0.1, -0.05) is 0 Å². The zero-order valence-electron chi connectivity index (χ0n) is 15.6. The number of likely N-dealkylation sites (tertiary alicyclic amines) is 1. The molecule has 3 rings (SSSR count). The SMILES string of the molecule is CCn1nc(C)c(NC(=O)CN2CCC(Oc3ncccn3)CC2)c1C. The van der Waals surface area contributed by atoms with Crippen LogP contribution >= 0.6 is 0 Å². The predicted molar refractivity (Wildman–Crippen MR) is 98.1 cm³/mol. The number of amides is 1. The highest BCUT2D eigenvalue weighted by Crippen LogP contribution is 2.20. The van der Waals surface area contributed by atoms with Crippen LogP contribution in [-0.4, -0.2) is 56.3 Å². The summed E-state index contributed by atoms with van der Waals surface area (Å²) in [7, 11) is 0. The molecule has 0 unspecified atom stereocenters. The van der Waals surface area contributed by atoms with Gasteiger partial charge >= 0.3 is 6.01 Å². The van der Waals surface area contributed by atoms with E-state index in [1.165, 1.54) is 0 Å². The first kappa shape index (κ1) is 18.3. The van der Waals surface area contributed by atoms with Gasteiger partial charge in [0.25, 0.3) is 0 Å². The van der Waals surface area contributed by atoms with E-state index in [2.05, 4.69) is 25.3 Å². The second-order valence-electron chi connectivity index (χ2n) is 6.53. The molecule has 0 atom stereocenters. The summed E-state index contributed by atoms with van der Waals surface area (Å²) in [6.45, 7) is 8.74. The predicted octanol–water partition coefficient (Wildman–Crippen LogP) is 1.79. The molecule has 0 aliphatic carbocycles. The molecule has 0 bridgehead atoms. The van der Waals surface area contributed by atoms with Crippen LogP contribution in [0.5, 0.6) is 6.01 Å². The van der Waals surface area contributed by atoms with Crippen molar-refractivity contribution in [1.29, 1.82) is 0 Å². The summed E-state index contributed by atoms with van der Waals surface area (Å²) in [4.78, 5) is 22.8. The van der Waals surface area contributed by atoms with Gasteiger partial charge in [-0.25, -0.2) is 9.97 Å².